The highest BCUT2D eigenvalue weighted by molar-refractivity contribution is 7.89. The number of nitrogens with zero attached hydrogens (tertiary/aromatic N) is 1. The number of nitrogens with one attached hydrogen (secondary N) is 1. The first-order valence-corrected chi connectivity index (χ1v) is 9.59. The van der Waals surface area contributed by atoms with Gasteiger partial charge in [0.15, 0.2) is 0 Å². The van der Waals surface area contributed by atoms with Gasteiger partial charge in [0.05, 0.1) is 4.90 Å². The molecule has 1 amide bonds. The molecule has 1 aliphatic rings. The number of carbonyl (C=O) groups excluding carboxylic acids is 1. The van der Waals surface area contributed by atoms with E-state index in [2.05, 4.69) is 0 Å². The summed E-state index contributed by atoms with van der Waals surface area (Å²) in [5.74, 6) is -0.956. The van der Waals surface area contributed by atoms with E-state index in [0.29, 0.717) is 13.1 Å². The smallest absolute Gasteiger partial charge is 0.343 e. The fourth-order valence-electron chi connectivity index (χ4n) is 2.69. The lowest BCUT2D eigenvalue weighted by Gasteiger charge is -2.24. The number of hydrogen-bond donors (Lipinski definition) is 1. The Morgan fingerprint density at radius 3 is 2.28 bits per heavy atom. The van der Waals surface area contributed by atoms with Gasteiger partial charge in [-0.3, -0.25) is 4.79 Å². The molecule has 0 aliphatic carbocycles. The highest BCUT2D eigenvalue weighted by Crippen LogP contribution is 2.21. The minimum absolute atomic E-state index is 0.0762. The molecule has 0 radical (unpaired) electrons. The van der Waals surface area contributed by atoms with Gasteiger partial charge in [0, 0.05) is 18.7 Å². The fourth-order valence-corrected chi connectivity index (χ4v) is 4.25. The van der Waals surface area contributed by atoms with Crippen LogP contribution in [0.25, 0.3) is 0 Å². The second kappa shape index (κ2) is 8.18. The molecule has 140 valence electrons. The molecule has 25 heavy (non-hydrogen) atoms. The third kappa shape index (κ3) is 5.71. The highest BCUT2D eigenvalue weighted by atomic mass is 32.2. The van der Waals surface area contributed by atoms with Gasteiger partial charge in [0.1, 0.15) is 6.54 Å². The summed E-state index contributed by atoms with van der Waals surface area (Å²) in [4.78, 5) is 11.8. The number of hydrogen-bond acceptors (Lipinski definition) is 3. The standard InChI is InChI=1S/C16H21F3N2O3S/c17-16(18,19)12-20-15(22)13-7-6-8-14(11-13)25(23,24)21-9-4-2-1-3-5-10-21/h6-8,11H,1-5,9-10,12H2,(H,20,22). The van der Waals surface area contributed by atoms with Crippen molar-refractivity contribution < 1.29 is 26.4 Å². The molecule has 0 saturated carbocycles. The average Bonchev–Trinajstić information content (AvgIpc) is 2.51. The molecule has 9 heteroatoms. The fraction of sp³-hybridized carbons (Fsp3) is 0.562. The van der Waals surface area contributed by atoms with Gasteiger partial charge in [-0.1, -0.05) is 25.3 Å². The van der Waals surface area contributed by atoms with Crippen molar-refractivity contribution in [3.8, 4) is 0 Å². The molecule has 2 rings (SSSR count). The second-order valence-corrected chi connectivity index (χ2v) is 7.94. The molecular weight excluding hydrogens is 357 g/mol. The van der Waals surface area contributed by atoms with Crippen molar-refractivity contribution in [2.24, 2.45) is 0 Å². The molecule has 0 spiro atoms. The van der Waals surface area contributed by atoms with Crippen LogP contribution in [0.4, 0.5) is 13.2 Å². The summed E-state index contributed by atoms with van der Waals surface area (Å²) in [5.41, 5.74) is -0.114. The molecule has 0 unspecified atom stereocenters. The van der Waals surface area contributed by atoms with Gasteiger partial charge in [-0.25, -0.2) is 8.42 Å². The molecule has 1 aliphatic heterocycles. The third-order valence-corrected chi connectivity index (χ3v) is 5.89. The maximum absolute atomic E-state index is 12.8. The van der Waals surface area contributed by atoms with Crippen molar-refractivity contribution in [1.82, 2.24) is 9.62 Å². The maximum atomic E-state index is 12.8. The van der Waals surface area contributed by atoms with Gasteiger partial charge in [0.25, 0.3) is 5.91 Å². The van der Waals surface area contributed by atoms with Crippen molar-refractivity contribution in [1.29, 1.82) is 0 Å². The molecular formula is C16H21F3N2O3S. The summed E-state index contributed by atoms with van der Waals surface area (Å²) in [6, 6.07) is 5.13. The Balaban J connectivity index is 2.17. The lowest BCUT2D eigenvalue weighted by Crippen LogP contribution is -2.35. The van der Waals surface area contributed by atoms with Crippen LogP contribution >= 0.6 is 0 Å². The summed E-state index contributed by atoms with van der Waals surface area (Å²) in [7, 11) is -3.77. The van der Waals surface area contributed by atoms with E-state index in [4.69, 9.17) is 0 Å². The normalized spacial score (nSPS) is 17.6. The SMILES string of the molecule is O=C(NCC(F)(F)F)c1cccc(S(=O)(=O)N2CCCCCCC2)c1. The Morgan fingerprint density at radius 2 is 1.68 bits per heavy atom. The van der Waals surface area contributed by atoms with Gasteiger partial charge < -0.3 is 5.32 Å². The van der Waals surface area contributed by atoms with Gasteiger partial charge in [-0.2, -0.15) is 17.5 Å². The predicted molar refractivity (Wildman–Crippen MR) is 86.7 cm³/mol. The molecule has 1 aromatic carbocycles. The maximum Gasteiger partial charge on any atom is 0.405 e. The summed E-state index contributed by atoms with van der Waals surface area (Å²) in [6.07, 6.45) is 0.0282. The van der Waals surface area contributed by atoms with Crippen LogP contribution in [-0.4, -0.2) is 44.4 Å². The first-order chi connectivity index (χ1) is 11.7. The number of amides is 1. The van der Waals surface area contributed by atoms with Crippen LogP contribution in [0.2, 0.25) is 0 Å². The van der Waals surface area contributed by atoms with Gasteiger partial charge in [-0.15, -0.1) is 0 Å². The van der Waals surface area contributed by atoms with Crippen LogP contribution in [0.5, 0.6) is 0 Å². The van der Waals surface area contributed by atoms with E-state index in [0.717, 1.165) is 38.2 Å². The van der Waals surface area contributed by atoms with Crippen LogP contribution in [0.1, 0.15) is 42.5 Å². The van der Waals surface area contributed by atoms with Gasteiger partial charge >= 0.3 is 6.18 Å². The Morgan fingerprint density at radius 1 is 1.08 bits per heavy atom. The Kier molecular flexibility index (Phi) is 6.45. The molecule has 1 fully saturated rings. The Bertz CT molecular complexity index is 697. The highest BCUT2D eigenvalue weighted by Gasteiger charge is 2.29. The van der Waals surface area contributed by atoms with Gasteiger partial charge in [0.2, 0.25) is 10.0 Å². The van der Waals surface area contributed by atoms with Crippen molar-refractivity contribution in [2.45, 2.75) is 43.2 Å². The number of rotatable bonds is 4. The summed E-state index contributed by atoms with van der Waals surface area (Å²) in [5, 5.41) is 1.74. The molecule has 5 nitrogen and oxygen atoms in total. The van der Waals surface area contributed by atoms with Gasteiger partial charge in [-0.05, 0) is 31.0 Å². The number of sulfonamides is 1. The van der Waals surface area contributed by atoms with E-state index < -0.39 is 28.7 Å². The molecule has 0 bridgehead atoms. The third-order valence-electron chi connectivity index (χ3n) is 4.00. The minimum atomic E-state index is -4.52. The lowest BCUT2D eigenvalue weighted by molar-refractivity contribution is -0.123. The topological polar surface area (TPSA) is 66.5 Å². The molecule has 1 saturated heterocycles. The molecule has 0 aromatic heterocycles. The first kappa shape index (κ1) is 19.7. The van der Waals surface area contributed by atoms with Crippen molar-refractivity contribution in [3.63, 3.8) is 0 Å². The van der Waals surface area contributed by atoms with E-state index >= 15 is 0 Å². The van der Waals surface area contributed by atoms with Crippen LogP contribution in [-0.2, 0) is 10.0 Å². The van der Waals surface area contributed by atoms with E-state index in [1.807, 2.05) is 0 Å². The quantitative estimate of drug-likeness (QED) is 0.876. The molecule has 1 N–H and O–H groups in total. The second-order valence-electron chi connectivity index (χ2n) is 6.00. The van der Waals surface area contributed by atoms with E-state index in [-0.39, 0.29) is 10.5 Å². The Labute approximate surface area is 145 Å². The molecule has 0 atom stereocenters. The minimum Gasteiger partial charge on any atom is -0.343 e. The number of benzene rings is 1. The van der Waals surface area contributed by atoms with Crippen LogP contribution < -0.4 is 5.32 Å². The number of halogens is 3. The zero-order valence-electron chi connectivity index (χ0n) is 13.7. The first-order valence-electron chi connectivity index (χ1n) is 8.15. The van der Waals surface area contributed by atoms with E-state index in [1.54, 1.807) is 5.32 Å². The van der Waals surface area contributed by atoms with Crippen molar-refractivity contribution in [2.75, 3.05) is 19.6 Å². The summed E-state index contributed by atoms with van der Waals surface area (Å²) in [6.45, 7) is -0.644. The van der Waals surface area contributed by atoms with Crippen LogP contribution in [0, 0.1) is 0 Å². The molecule has 1 heterocycles. The number of alkyl halides is 3. The average molecular weight is 378 g/mol. The lowest BCUT2D eigenvalue weighted by atomic mass is 10.1. The van der Waals surface area contributed by atoms with Crippen molar-refractivity contribution >= 4 is 15.9 Å². The Hall–Kier alpha value is -1.61. The summed E-state index contributed by atoms with van der Waals surface area (Å²) >= 11 is 0. The zero-order chi connectivity index (χ0) is 18.5. The predicted octanol–water partition coefficient (Wildman–Crippen LogP) is 2.93. The number of carbonyl (C=O) groups is 1. The van der Waals surface area contributed by atoms with E-state index in [9.17, 15) is 26.4 Å². The largest absolute Gasteiger partial charge is 0.405 e. The van der Waals surface area contributed by atoms with Crippen LogP contribution in [0.15, 0.2) is 29.2 Å². The zero-order valence-corrected chi connectivity index (χ0v) is 14.5. The summed E-state index contributed by atoms with van der Waals surface area (Å²) < 4.78 is 63.5. The molecule has 1 aromatic rings. The van der Waals surface area contributed by atoms with Crippen molar-refractivity contribution in [3.05, 3.63) is 29.8 Å². The van der Waals surface area contributed by atoms with Crippen LogP contribution in [0.3, 0.4) is 0 Å². The van der Waals surface area contributed by atoms with E-state index in [1.165, 1.54) is 22.5 Å². The monoisotopic (exact) mass is 378 g/mol.